The van der Waals surface area contributed by atoms with E-state index in [1.165, 1.54) is 37.5 Å². The van der Waals surface area contributed by atoms with Gasteiger partial charge in [0.15, 0.2) is 9.84 Å². The lowest BCUT2D eigenvalue weighted by atomic mass is 9.85. The van der Waals surface area contributed by atoms with Crippen molar-refractivity contribution >= 4 is 9.84 Å². The summed E-state index contributed by atoms with van der Waals surface area (Å²) in [5.41, 5.74) is 6.02. The number of hydrogen-bond acceptors (Lipinski definition) is 3. The van der Waals surface area contributed by atoms with Gasteiger partial charge in [-0.3, -0.25) is 0 Å². The molecule has 1 atom stereocenters. The Morgan fingerprint density at radius 2 is 1.81 bits per heavy atom. The fraction of sp³-hybridized carbons (Fsp3) is 0.529. The average Bonchev–Trinajstić information content (AvgIpc) is 2.53. The predicted octanol–water partition coefficient (Wildman–Crippen LogP) is 3.66. The molecule has 116 valence electrons. The molecule has 3 nitrogen and oxygen atoms in total. The summed E-state index contributed by atoms with van der Waals surface area (Å²) in [5, 5.41) is 1.26. The smallest absolute Gasteiger partial charge is 0.199 e. The maximum atomic E-state index is 12.1. The molecule has 0 aromatic heterocycles. The summed E-state index contributed by atoms with van der Waals surface area (Å²) in [5.74, 6) is 0.781. The van der Waals surface area contributed by atoms with E-state index in [0.717, 1.165) is 18.8 Å². The first-order valence-corrected chi connectivity index (χ1v) is 9.36. The predicted molar refractivity (Wildman–Crippen MR) is 86.6 cm³/mol. The lowest BCUT2D eigenvalue weighted by molar-refractivity contribution is 0.328. The van der Waals surface area contributed by atoms with Crippen LogP contribution in [0, 0.1) is 5.92 Å². The van der Waals surface area contributed by atoms with E-state index in [9.17, 15) is 8.42 Å². The Morgan fingerprint density at radius 1 is 1.14 bits per heavy atom. The Labute approximate surface area is 128 Å². The van der Waals surface area contributed by atoms with Gasteiger partial charge in [0.05, 0.1) is 4.90 Å². The number of nitrogens with two attached hydrogens (primary N) is 1. The van der Waals surface area contributed by atoms with Crippen molar-refractivity contribution < 1.29 is 8.42 Å². The molecule has 1 fully saturated rings. The van der Waals surface area contributed by atoms with Crippen molar-refractivity contribution in [3.63, 3.8) is 0 Å². The second kappa shape index (κ2) is 7.76. The van der Waals surface area contributed by atoms with E-state index >= 15 is 0 Å². The Morgan fingerprint density at radius 3 is 2.48 bits per heavy atom. The average molecular weight is 307 g/mol. The minimum Gasteiger partial charge on any atom is -0.324 e. The number of benzene rings is 1. The normalized spacial score (nSPS) is 18.9. The molecule has 0 bridgehead atoms. The molecular weight excluding hydrogens is 282 g/mol. The molecule has 2 N–H and O–H groups in total. The molecule has 0 aliphatic heterocycles. The second-order valence-corrected chi connectivity index (χ2v) is 7.77. The molecule has 0 amide bonds. The van der Waals surface area contributed by atoms with E-state index in [2.05, 4.69) is 0 Å². The molecule has 1 aliphatic rings. The standard InChI is InChI=1S/C17H25NO2S/c18-16(12-11-15-7-3-1-4-8-15)13-14-21(19,20)17-9-5-2-6-10-17/h2,5-6,9-10,13-16H,1,3-4,7-8,11-12,18H2/b14-13+. The van der Waals surface area contributed by atoms with Gasteiger partial charge in [-0.1, -0.05) is 56.4 Å². The molecule has 0 spiro atoms. The van der Waals surface area contributed by atoms with Gasteiger partial charge in [0.2, 0.25) is 0 Å². The van der Waals surface area contributed by atoms with Crippen LogP contribution in [0.5, 0.6) is 0 Å². The number of sulfone groups is 1. The van der Waals surface area contributed by atoms with Gasteiger partial charge in [0, 0.05) is 11.4 Å². The molecule has 0 saturated heterocycles. The fourth-order valence-corrected chi connectivity index (χ4v) is 4.00. The number of rotatable bonds is 6. The molecular formula is C17H25NO2S. The van der Waals surface area contributed by atoms with Crippen molar-refractivity contribution in [2.45, 2.75) is 55.9 Å². The maximum Gasteiger partial charge on any atom is 0.199 e. The van der Waals surface area contributed by atoms with Crippen molar-refractivity contribution in [2.75, 3.05) is 0 Å². The van der Waals surface area contributed by atoms with E-state index < -0.39 is 9.84 Å². The highest BCUT2D eigenvalue weighted by Crippen LogP contribution is 2.27. The summed E-state index contributed by atoms with van der Waals surface area (Å²) in [4.78, 5) is 0.320. The first kappa shape index (κ1) is 16.2. The molecule has 0 heterocycles. The molecule has 1 saturated carbocycles. The quantitative estimate of drug-likeness (QED) is 0.872. The minimum absolute atomic E-state index is 0.176. The van der Waals surface area contributed by atoms with Crippen LogP contribution in [0.15, 0.2) is 46.7 Å². The van der Waals surface area contributed by atoms with Gasteiger partial charge in [-0.15, -0.1) is 0 Å². The largest absolute Gasteiger partial charge is 0.324 e. The van der Waals surface area contributed by atoms with Crippen LogP contribution in [0.4, 0.5) is 0 Å². The Bertz CT molecular complexity index is 545. The van der Waals surface area contributed by atoms with Crippen LogP contribution in [0.25, 0.3) is 0 Å². The summed E-state index contributed by atoms with van der Waals surface area (Å²) in [6.45, 7) is 0. The Balaban J connectivity index is 1.85. The third kappa shape index (κ3) is 5.29. The lowest BCUT2D eigenvalue weighted by Crippen LogP contribution is -2.19. The summed E-state index contributed by atoms with van der Waals surface area (Å²) < 4.78 is 24.2. The zero-order valence-corrected chi connectivity index (χ0v) is 13.3. The topological polar surface area (TPSA) is 60.2 Å². The first-order chi connectivity index (χ1) is 10.1. The molecule has 1 aromatic carbocycles. The Hall–Kier alpha value is -1.13. The summed E-state index contributed by atoms with van der Waals surface area (Å²) >= 11 is 0. The van der Waals surface area contributed by atoms with Crippen molar-refractivity contribution in [2.24, 2.45) is 11.7 Å². The van der Waals surface area contributed by atoms with Gasteiger partial charge in [0.25, 0.3) is 0 Å². The SMILES string of the molecule is NC(/C=C/S(=O)(=O)c1ccccc1)CCC1CCCCC1. The van der Waals surface area contributed by atoms with Crippen LogP contribution in [-0.4, -0.2) is 14.5 Å². The minimum atomic E-state index is -3.36. The lowest BCUT2D eigenvalue weighted by Gasteiger charge is -2.22. The molecule has 1 aliphatic carbocycles. The van der Waals surface area contributed by atoms with Gasteiger partial charge >= 0.3 is 0 Å². The molecule has 1 unspecified atom stereocenters. The highest BCUT2D eigenvalue weighted by molar-refractivity contribution is 7.94. The fourth-order valence-electron chi connectivity index (χ4n) is 2.89. The number of hydrogen-bond donors (Lipinski definition) is 1. The Kier molecular flexibility index (Phi) is 6.00. The van der Waals surface area contributed by atoms with E-state index in [0.29, 0.717) is 4.90 Å². The van der Waals surface area contributed by atoms with Crippen LogP contribution in [0.1, 0.15) is 44.9 Å². The van der Waals surface area contributed by atoms with E-state index in [4.69, 9.17) is 5.73 Å². The summed E-state index contributed by atoms with van der Waals surface area (Å²) in [6, 6.07) is 8.29. The van der Waals surface area contributed by atoms with E-state index in [-0.39, 0.29) is 6.04 Å². The highest BCUT2D eigenvalue weighted by atomic mass is 32.2. The molecule has 2 rings (SSSR count). The third-order valence-electron chi connectivity index (χ3n) is 4.21. The van der Waals surface area contributed by atoms with Gasteiger partial charge in [0.1, 0.15) is 0 Å². The first-order valence-electron chi connectivity index (χ1n) is 7.82. The van der Waals surface area contributed by atoms with Crippen molar-refractivity contribution in [1.82, 2.24) is 0 Å². The van der Waals surface area contributed by atoms with Gasteiger partial charge in [-0.2, -0.15) is 0 Å². The maximum absolute atomic E-state index is 12.1. The summed E-state index contributed by atoms with van der Waals surface area (Å²) in [7, 11) is -3.36. The van der Waals surface area contributed by atoms with Crippen molar-refractivity contribution in [3.05, 3.63) is 41.8 Å². The van der Waals surface area contributed by atoms with Gasteiger partial charge in [-0.05, 0) is 30.9 Å². The second-order valence-electron chi connectivity index (χ2n) is 5.93. The van der Waals surface area contributed by atoms with Crippen LogP contribution in [-0.2, 0) is 9.84 Å². The highest BCUT2D eigenvalue weighted by Gasteiger charge is 2.14. The molecule has 4 heteroatoms. The zero-order valence-electron chi connectivity index (χ0n) is 12.4. The van der Waals surface area contributed by atoms with E-state index in [1.807, 2.05) is 0 Å². The van der Waals surface area contributed by atoms with Crippen molar-refractivity contribution in [3.8, 4) is 0 Å². The summed E-state index contributed by atoms with van der Waals surface area (Å²) in [6.07, 6.45) is 10.2. The van der Waals surface area contributed by atoms with Crippen LogP contribution in [0.3, 0.4) is 0 Å². The molecule has 1 aromatic rings. The van der Waals surface area contributed by atoms with Crippen LogP contribution >= 0.6 is 0 Å². The van der Waals surface area contributed by atoms with Gasteiger partial charge < -0.3 is 5.73 Å². The van der Waals surface area contributed by atoms with E-state index in [1.54, 1.807) is 36.4 Å². The van der Waals surface area contributed by atoms with Crippen LogP contribution < -0.4 is 5.73 Å². The van der Waals surface area contributed by atoms with Crippen LogP contribution in [0.2, 0.25) is 0 Å². The zero-order chi connectivity index (χ0) is 15.1. The van der Waals surface area contributed by atoms with Crippen molar-refractivity contribution in [1.29, 1.82) is 0 Å². The third-order valence-corrected chi connectivity index (χ3v) is 5.65. The van der Waals surface area contributed by atoms with Gasteiger partial charge in [-0.25, -0.2) is 8.42 Å². The monoisotopic (exact) mass is 307 g/mol. The molecule has 0 radical (unpaired) electrons. The molecule has 21 heavy (non-hydrogen) atoms.